The molecule has 0 aliphatic carbocycles. The van der Waals surface area contributed by atoms with Gasteiger partial charge in [-0.1, -0.05) is 26.8 Å². The van der Waals surface area contributed by atoms with Crippen LogP contribution in [0, 0.1) is 21.4 Å². The number of para-hydroxylation sites is 1. The standard InChI is InChI=1S/C15H20N2O4/c1-15(2,3)10-7-8-16(9-10)12-6-4-5-11(14(18)19)13(12)17(20)21/h4-6,10H,7-9H2,1-3H3,(H,18,19). The second-order valence-corrected chi connectivity index (χ2v) is 6.53. The third kappa shape index (κ3) is 2.99. The summed E-state index contributed by atoms with van der Waals surface area (Å²) in [5.74, 6) is -0.833. The number of rotatable bonds is 3. The molecular weight excluding hydrogens is 272 g/mol. The van der Waals surface area contributed by atoms with E-state index in [9.17, 15) is 14.9 Å². The van der Waals surface area contributed by atoms with Crippen LogP contribution in [0.5, 0.6) is 0 Å². The van der Waals surface area contributed by atoms with Crippen LogP contribution in [0.2, 0.25) is 0 Å². The monoisotopic (exact) mass is 292 g/mol. The molecule has 0 saturated carbocycles. The number of anilines is 1. The lowest BCUT2D eigenvalue weighted by molar-refractivity contribution is -0.384. The average Bonchev–Trinajstić information content (AvgIpc) is 2.86. The van der Waals surface area contributed by atoms with Crippen LogP contribution in [0.15, 0.2) is 18.2 Å². The Hall–Kier alpha value is -2.11. The summed E-state index contributed by atoms with van der Waals surface area (Å²) in [6.07, 6.45) is 0.956. The number of hydrogen-bond donors (Lipinski definition) is 1. The predicted molar refractivity (Wildman–Crippen MR) is 79.8 cm³/mol. The lowest BCUT2D eigenvalue weighted by atomic mass is 9.80. The summed E-state index contributed by atoms with van der Waals surface area (Å²) >= 11 is 0. The van der Waals surface area contributed by atoms with Crippen molar-refractivity contribution in [3.8, 4) is 0 Å². The van der Waals surface area contributed by atoms with Crippen LogP contribution >= 0.6 is 0 Å². The Morgan fingerprint density at radius 2 is 2.10 bits per heavy atom. The van der Waals surface area contributed by atoms with E-state index in [1.54, 1.807) is 12.1 Å². The lowest BCUT2D eigenvalue weighted by Gasteiger charge is -2.27. The molecule has 1 atom stereocenters. The first kappa shape index (κ1) is 15.3. The van der Waals surface area contributed by atoms with Crippen molar-refractivity contribution < 1.29 is 14.8 Å². The van der Waals surface area contributed by atoms with E-state index in [0.29, 0.717) is 24.7 Å². The maximum absolute atomic E-state index is 11.3. The van der Waals surface area contributed by atoms with Crippen molar-refractivity contribution in [3.63, 3.8) is 0 Å². The van der Waals surface area contributed by atoms with Crippen LogP contribution in [-0.2, 0) is 0 Å². The predicted octanol–water partition coefficient (Wildman–Crippen LogP) is 3.17. The largest absolute Gasteiger partial charge is 0.477 e. The third-order valence-corrected chi connectivity index (χ3v) is 4.18. The Morgan fingerprint density at radius 3 is 2.57 bits per heavy atom. The van der Waals surface area contributed by atoms with Gasteiger partial charge in [-0.3, -0.25) is 10.1 Å². The minimum absolute atomic E-state index is 0.133. The molecule has 0 bridgehead atoms. The topological polar surface area (TPSA) is 83.7 Å². The van der Waals surface area contributed by atoms with Crippen molar-refractivity contribution in [3.05, 3.63) is 33.9 Å². The summed E-state index contributed by atoms with van der Waals surface area (Å²) in [6, 6.07) is 4.48. The van der Waals surface area contributed by atoms with E-state index >= 15 is 0 Å². The Labute approximate surface area is 123 Å². The fraction of sp³-hybridized carbons (Fsp3) is 0.533. The van der Waals surface area contributed by atoms with E-state index in [4.69, 9.17) is 5.11 Å². The van der Waals surface area contributed by atoms with Gasteiger partial charge >= 0.3 is 11.7 Å². The Kier molecular flexibility index (Phi) is 3.89. The quantitative estimate of drug-likeness (QED) is 0.683. The van der Waals surface area contributed by atoms with Gasteiger partial charge in [-0.2, -0.15) is 0 Å². The maximum atomic E-state index is 11.3. The van der Waals surface area contributed by atoms with Crippen molar-refractivity contribution in [2.24, 2.45) is 11.3 Å². The summed E-state index contributed by atoms with van der Waals surface area (Å²) in [5, 5.41) is 20.4. The van der Waals surface area contributed by atoms with Crippen molar-refractivity contribution in [1.29, 1.82) is 0 Å². The van der Waals surface area contributed by atoms with Crippen molar-refractivity contribution in [1.82, 2.24) is 0 Å². The van der Waals surface area contributed by atoms with Crippen molar-refractivity contribution in [2.75, 3.05) is 18.0 Å². The van der Waals surface area contributed by atoms with Crippen LogP contribution in [-0.4, -0.2) is 29.1 Å². The molecule has 1 fully saturated rings. The van der Waals surface area contributed by atoms with E-state index in [1.807, 2.05) is 4.90 Å². The first-order valence-corrected chi connectivity index (χ1v) is 6.97. The van der Waals surface area contributed by atoms with Gasteiger partial charge in [-0.05, 0) is 29.9 Å². The molecule has 1 N–H and O–H groups in total. The number of nitro benzene ring substituents is 1. The van der Waals surface area contributed by atoms with Crippen LogP contribution < -0.4 is 4.90 Å². The van der Waals surface area contributed by atoms with Gasteiger partial charge in [0.25, 0.3) is 0 Å². The zero-order valence-corrected chi connectivity index (χ0v) is 12.5. The van der Waals surface area contributed by atoms with Crippen LogP contribution in [0.1, 0.15) is 37.6 Å². The molecular formula is C15H20N2O4. The first-order chi connectivity index (χ1) is 9.71. The molecule has 0 spiro atoms. The van der Waals surface area contributed by atoms with E-state index in [2.05, 4.69) is 20.8 Å². The highest BCUT2D eigenvalue weighted by molar-refractivity contribution is 5.95. The van der Waals surface area contributed by atoms with Crippen LogP contribution in [0.3, 0.4) is 0 Å². The van der Waals surface area contributed by atoms with Gasteiger partial charge in [0, 0.05) is 13.1 Å². The highest BCUT2D eigenvalue weighted by Crippen LogP contribution is 2.39. The minimum atomic E-state index is -1.27. The number of carboxylic acid groups (broad SMARTS) is 1. The van der Waals surface area contributed by atoms with Gasteiger partial charge < -0.3 is 10.0 Å². The smallest absolute Gasteiger partial charge is 0.342 e. The molecule has 1 unspecified atom stereocenters. The summed E-state index contributed by atoms with van der Waals surface area (Å²) < 4.78 is 0. The zero-order valence-electron chi connectivity index (χ0n) is 12.5. The van der Waals surface area contributed by atoms with Gasteiger partial charge in [0.1, 0.15) is 11.3 Å². The number of aromatic carboxylic acids is 1. The molecule has 1 aliphatic rings. The molecule has 21 heavy (non-hydrogen) atoms. The molecule has 0 radical (unpaired) electrons. The molecule has 0 amide bonds. The number of carbonyl (C=O) groups is 1. The van der Waals surface area contributed by atoms with Gasteiger partial charge in [0.15, 0.2) is 0 Å². The molecule has 1 aliphatic heterocycles. The van der Waals surface area contributed by atoms with Gasteiger partial charge in [-0.25, -0.2) is 4.79 Å². The number of carboxylic acids is 1. The van der Waals surface area contributed by atoms with Crippen molar-refractivity contribution >= 4 is 17.3 Å². The van der Waals surface area contributed by atoms with E-state index < -0.39 is 10.9 Å². The molecule has 6 heteroatoms. The molecule has 2 rings (SSSR count). The SMILES string of the molecule is CC(C)(C)C1CCN(c2cccc(C(=O)O)c2[N+](=O)[O-])C1. The summed E-state index contributed by atoms with van der Waals surface area (Å²) in [4.78, 5) is 23.8. The van der Waals surface area contributed by atoms with Gasteiger partial charge in [0.05, 0.1) is 4.92 Å². The maximum Gasteiger partial charge on any atom is 0.342 e. The second-order valence-electron chi connectivity index (χ2n) is 6.53. The molecule has 0 aromatic heterocycles. The molecule has 1 aromatic rings. The van der Waals surface area contributed by atoms with Gasteiger partial charge in [-0.15, -0.1) is 0 Å². The number of hydrogen-bond acceptors (Lipinski definition) is 4. The van der Waals surface area contributed by atoms with Crippen LogP contribution in [0.25, 0.3) is 0 Å². The Balaban J connectivity index is 2.40. The fourth-order valence-corrected chi connectivity index (χ4v) is 2.84. The van der Waals surface area contributed by atoms with E-state index in [-0.39, 0.29) is 16.7 Å². The summed E-state index contributed by atoms with van der Waals surface area (Å²) in [5.41, 5.74) is -0.0172. The zero-order chi connectivity index (χ0) is 15.8. The van der Waals surface area contributed by atoms with Crippen molar-refractivity contribution in [2.45, 2.75) is 27.2 Å². The van der Waals surface area contributed by atoms with Gasteiger partial charge in [0.2, 0.25) is 0 Å². The molecule has 1 aromatic carbocycles. The Morgan fingerprint density at radius 1 is 1.43 bits per heavy atom. The molecule has 1 saturated heterocycles. The van der Waals surface area contributed by atoms with E-state index in [1.165, 1.54) is 6.07 Å². The summed E-state index contributed by atoms with van der Waals surface area (Å²) in [6.45, 7) is 7.90. The highest BCUT2D eigenvalue weighted by atomic mass is 16.6. The number of nitro groups is 1. The number of benzene rings is 1. The molecule has 114 valence electrons. The number of nitrogens with zero attached hydrogens (tertiary/aromatic N) is 2. The fourth-order valence-electron chi connectivity index (χ4n) is 2.84. The second kappa shape index (κ2) is 5.35. The van der Waals surface area contributed by atoms with E-state index in [0.717, 1.165) is 6.42 Å². The third-order valence-electron chi connectivity index (χ3n) is 4.18. The first-order valence-electron chi connectivity index (χ1n) is 6.97. The summed E-state index contributed by atoms with van der Waals surface area (Å²) in [7, 11) is 0. The highest BCUT2D eigenvalue weighted by Gasteiger charge is 2.35. The lowest BCUT2D eigenvalue weighted by Crippen LogP contribution is -2.26. The van der Waals surface area contributed by atoms with Crippen LogP contribution in [0.4, 0.5) is 11.4 Å². The molecule has 1 heterocycles. The minimum Gasteiger partial charge on any atom is -0.477 e. The average molecular weight is 292 g/mol. The normalized spacial score (nSPS) is 18.8. The molecule has 6 nitrogen and oxygen atoms in total. The Bertz CT molecular complexity index is 578.